The van der Waals surface area contributed by atoms with Gasteiger partial charge in [0.1, 0.15) is 0 Å². The van der Waals surface area contributed by atoms with Crippen LogP contribution in [0.4, 0.5) is 0 Å². The molecule has 0 saturated heterocycles. The van der Waals surface area contributed by atoms with Gasteiger partial charge < -0.3 is 11.0 Å². The van der Waals surface area contributed by atoms with Gasteiger partial charge >= 0.3 is 0 Å². The van der Waals surface area contributed by atoms with Crippen LogP contribution in [0.5, 0.6) is 0 Å². The molecule has 2 aromatic rings. The van der Waals surface area contributed by atoms with Crippen LogP contribution >= 0.6 is 0 Å². The Morgan fingerprint density at radius 1 is 0.667 bits per heavy atom. The molecule has 0 saturated carbocycles. The summed E-state index contributed by atoms with van der Waals surface area (Å²) in [5.74, 6) is 0. The average molecular weight is 297 g/mol. The minimum atomic E-state index is 0. The Morgan fingerprint density at radius 3 is 1.33 bits per heavy atom. The molecular weight excluding hydrogens is 287 g/mol. The van der Waals surface area contributed by atoms with Gasteiger partial charge in [0.2, 0.25) is 0 Å². The van der Waals surface area contributed by atoms with Crippen molar-refractivity contribution in [1.29, 1.82) is 0 Å². The van der Waals surface area contributed by atoms with Crippen molar-refractivity contribution in [3.8, 4) is 11.4 Å². The summed E-state index contributed by atoms with van der Waals surface area (Å²) < 4.78 is 0. The third-order valence-electron chi connectivity index (χ3n) is 1.59. The average Bonchev–Trinajstić information content (AvgIpc) is 2.21. The molecule has 0 unspecified atom stereocenters. The third-order valence-corrected chi connectivity index (χ3v) is 1.59. The molecule has 0 radical (unpaired) electrons. The maximum Gasteiger partial charge on any atom is 0.0886 e. The van der Waals surface area contributed by atoms with Gasteiger partial charge in [-0.2, -0.15) is 0 Å². The van der Waals surface area contributed by atoms with E-state index >= 15 is 0 Å². The molecule has 0 aliphatic rings. The predicted octanol–water partition coefficient (Wildman–Crippen LogP) is 1.79. The zero-order valence-electron chi connectivity index (χ0n) is 7.72. The molecule has 84 valence electrons. The Balaban J connectivity index is 0. The summed E-state index contributed by atoms with van der Waals surface area (Å²) in [6.45, 7) is 0. The summed E-state index contributed by atoms with van der Waals surface area (Å²) in [7, 11) is 0. The first-order chi connectivity index (χ1) is 5.97. The predicted molar refractivity (Wildman–Crippen MR) is 51.3 cm³/mol. The van der Waals surface area contributed by atoms with Crippen LogP contribution in [0, 0.1) is 0 Å². The molecule has 2 N–H and O–H groups in total. The largest absolute Gasteiger partial charge is 0.870 e. The summed E-state index contributed by atoms with van der Waals surface area (Å²) in [4.78, 5) is 8.37. The molecule has 2 aromatic heterocycles. The molecule has 0 atom stereocenters. The maximum absolute atomic E-state index is 4.19. The van der Waals surface area contributed by atoms with Crippen LogP contribution in [0.2, 0.25) is 0 Å². The first-order valence-corrected chi connectivity index (χ1v) is 3.79. The van der Waals surface area contributed by atoms with Gasteiger partial charge in [-0.1, -0.05) is 12.1 Å². The van der Waals surface area contributed by atoms with E-state index in [9.17, 15) is 0 Å². The van der Waals surface area contributed by atoms with E-state index in [2.05, 4.69) is 9.97 Å². The molecule has 0 aromatic carbocycles. The van der Waals surface area contributed by atoms with E-state index in [0.717, 1.165) is 11.4 Å². The Bertz CT molecular complexity index is 319. The zero-order valence-corrected chi connectivity index (χ0v) is 9.28. The van der Waals surface area contributed by atoms with Gasteiger partial charge in [0.05, 0.1) is 11.4 Å². The van der Waals surface area contributed by atoms with Crippen LogP contribution in [0.15, 0.2) is 48.8 Å². The topological polar surface area (TPSA) is 85.8 Å². The molecule has 0 aliphatic heterocycles. The Labute approximate surface area is 102 Å². The Hall–Kier alpha value is -1.12. The number of nitrogens with zero attached hydrogens (tertiary/aromatic N) is 2. The normalized spacial score (nSPS) is 7.73. The Kier molecular flexibility index (Phi) is 8.93. The van der Waals surface area contributed by atoms with E-state index in [1.807, 2.05) is 36.4 Å². The summed E-state index contributed by atoms with van der Waals surface area (Å²) >= 11 is 0. The summed E-state index contributed by atoms with van der Waals surface area (Å²) in [5, 5.41) is 0. The standard InChI is InChI=1S/C10H8N2.2H2O.Pd/c1-3-7-11-9(5-1)10-6-2-4-8-12-10;;;/h1-8H;2*1H2;/p-2. The summed E-state index contributed by atoms with van der Waals surface area (Å²) in [6, 6.07) is 11.6. The number of aromatic nitrogens is 2. The van der Waals surface area contributed by atoms with Gasteiger partial charge in [-0.05, 0) is 24.3 Å². The van der Waals surface area contributed by atoms with Crippen molar-refractivity contribution in [3.05, 3.63) is 48.8 Å². The van der Waals surface area contributed by atoms with Gasteiger partial charge in [0.15, 0.2) is 0 Å². The van der Waals surface area contributed by atoms with Crippen molar-refractivity contribution in [2.75, 3.05) is 0 Å². The van der Waals surface area contributed by atoms with Gasteiger partial charge in [-0.3, -0.25) is 9.97 Å². The molecule has 15 heavy (non-hydrogen) atoms. The van der Waals surface area contributed by atoms with Crippen molar-refractivity contribution < 1.29 is 31.4 Å². The number of rotatable bonds is 1. The number of hydrogen-bond acceptors (Lipinski definition) is 4. The van der Waals surface area contributed by atoms with E-state index in [4.69, 9.17) is 0 Å². The van der Waals surface area contributed by atoms with Crippen molar-refractivity contribution in [3.63, 3.8) is 0 Å². The van der Waals surface area contributed by atoms with Gasteiger partial charge in [-0.25, -0.2) is 0 Å². The van der Waals surface area contributed by atoms with Gasteiger partial charge in [0.25, 0.3) is 0 Å². The molecule has 0 amide bonds. The molecule has 0 aliphatic carbocycles. The molecule has 2 heterocycles. The van der Waals surface area contributed by atoms with E-state index in [1.165, 1.54) is 0 Å². The molecule has 4 nitrogen and oxygen atoms in total. The van der Waals surface area contributed by atoms with Crippen LogP contribution < -0.4 is 0 Å². The first-order valence-electron chi connectivity index (χ1n) is 3.79. The third kappa shape index (κ3) is 4.28. The minimum Gasteiger partial charge on any atom is -0.870 e. The number of hydrogen-bond donors (Lipinski definition) is 0. The fraction of sp³-hybridized carbons (Fsp3) is 0. The summed E-state index contributed by atoms with van der Waals surface area (Å²) in [6.07, 6.45) is 3.54. The van der Waals surface area contributed by atoms with Crippen LogP contribution in [0.3, 0.4) is 0 Å². The molecule has 2 rings (SSSR count). The molecule has 5 heteroatoms. The number of pyridine rings is 2. The quantitative estimate of drug-likeness (QED) is 0.751. The van der Waals surface area contributed by atoms with E-state index in [-0.39, 0.29) is 31.4 Å². The second-order valence-corrected chi connectivity index (χ2v) is 2.43. The summed E-state index contributed by atoms with van der Waals surface area (Å²) in [5.41, 5.74) is 1.83. The molecule has 0 spiro atoms. The monoisotopic (exact) mass is 296 g/mol. The fourth-order valence-electron chi connectivity index (χ4n) is 1.03. The fourth-order valence-corrected chi connectivity index (χ4v) is 1.03. The Morgan fingerprint density at radius 2 is 1.07 bits per heavy atom. The van der Waals surface area contributed by atoms with Crippen LogP contribution in [0.25, 0.3) is 11.4 Å². The van der Waals surface area contributed by atoms with Crippen LogP contribution in [-0.4, -0.2) is 20.9 Å². The first kappa shape index (κ1) is 16.3. The molecule has 0 bridgehead atoms. The minimum absolute atomic E-state index is 0. The van der Waals surface area contributed by atoms with Gasteiger partial charge in [0, 0.05) is 32.8 Å². The van der Waals surface area contributed by atoms with Crippen LogP contribution in [0.1, 0.15) is 0 Å². The van der Waals surface area contributed by atoms with E-state index in [0.29, 0.717) is 0 Å². The second kappa shape index (κ2) is 8.21. The molecule has 0 fully saturated rings. The van der Waals surface area contributed by atoms with Crippen molar-refractivity contribution in [2.24, 2.45) is 0 Å². The van der Waals surface area contributed by atoms with E-state index < -0.39 is 0 Å². The van der Waals surface area contributed by atoms with E-state index in [1.54, 1.807) is 12.4 Å². The molecular formula is C10H10N2O2Pd-2. The SMILES string of the molecule is [OH-].[OH-].[Pd].c1ccc(-c2ccccn2)nc1. The maximum atomic E-state index is 4.19. The second-order valence-electron chi connectivity index (χ2n) is 2.43. The van der Waals surface area contributed by atoms with Crippen LogP contribution in [-0.2, 0) is 20.4 Å². The van der Waals surface area contributed by atoms with Crippen molar-refractivity contribution >= 4 is 0 Å². The van der Waals surface area contributed by atoms with Crippen molar-refractivity contribution in [2.45, 2.75) is 0 Å². The van der Waals surface area contributed by atoms with Crippen molar-refractivity contribution in [1.82, 2.24) is 9.97 Å². The smallest absolute Gasteiger partial charge is 0.0886 e. The van der Waals surface area contributed by atoms with Gasteiger partial charge in [-0.15, -0.1) is 0 Å². The zero-order chi connectivity index (χ0) is 8.23.